The maximum Gasteiger partial charge on any atom is 0.123 e. The summed E-state index contributed by atoms with van der Waals surface area (Å²) < 4.78 is 5.58. The van der Waals surface area contributed by atoms with Crippen LogP contribution in [0.1, 0.15) is 29.5 Å². The van der Waals surface area contributed by atoms with E-state index in [4.69, 9.17) is 4.74 Å². The fourth-order valence-electron chi connectivity index (χ4n) is 3.07. The number of benzene rings is 1. The van der Waals surface area contributed by atoms with Gasteiger partial charge in [-0.05, 0) is 55.3 Å². The number of nitrogens with one attached hydrogen (secondary N) is 1. The summed E-state index contributed by atoms with van der Waals surface area (Å²) in [7, 11) is 1.75. The van der Waals surface area contributed by atoms with E-state index in [-0.39, 0.29) is 0 Å². The Morgan fingerprint density at radius 1 is 1.04 bits per heavy atom. The molecule has 1 N–H and O–H groups in total. The minimum atomic E-state index is 0.801. The first-order chi connectivity index (χ1) is 11.3. The lowest BCUT2D eigenvalue weighted by atomic mass is 10.1. The van der Waals surface area contributed by atoms with Gasteiger partial charge in [-0.3, -0.25) is 9.88 Å². The third-order valence-electron chi connectivity index (χ3n) is 4.35. The van der Waals surface area contributed by atoms with Crippen molar-refractivity contribution in [3.05, 3.63) is 59.4 Å². The zero-order chi connectivity index (χ0) is 15.9. The lowest BCUT2D eigenvalue weighted by molar-refractivity contribution is 0.330. The topological polar surface area (TPSA) is 37.4 Å². The van der Waals surface area contributed by atoms with Crippen LogP contribution in [0.15, 0.2) is 42.7 Å². The van der Waals surface area contributed by atoms with Crippen molar-refractivity contribution < 1.29 is 4.74 Å². The Morgan fingerprint density at radius 3 is 2.57 bits per heavy atom. The van der Waals surface area contributed by atoms with E-state index in [9.17, 15) is 0 Å². The smallest absolute Gasteiger partial charge is 0.123 e. The van der Waals surface area contributed by atoms with Crippen LogP contribution in [0.25, 0.3) is 0 Å². The number of nitrogens with zero attached hydrogens (tertiary/aromatic N) is 2. The Balaban J connectivity index is 1.58. The minimum absolute atomic E-state index is 0.801. The molecule has 0 unspecified atom stereocenters. The first-order valence-corrected chi connectivity index (χ1v) is 8.33. The van der Waals surface area contributed by atoms with Crippen molar-refractivity contribution >= 4 is 0 Å². The van der Waals surface area contributed by atoms with Crippen LogP contribution in [-0.4, -0.2) is 30.1 Å². The summed E-state index contributed by atoms with van der Waals surface area (Å²) in [6, 6.07) is 10.7. The van der Waals surface area contributed by atoms with Gasteiger partial charge in [-0.15, -0.1) is 0 Å². The Labute approximate surface area is 138 Å². The highest BCUT2D eigenvalue weighted by Gasteiger charge is 2.13. The molecule has 2 heterocycles. The number of hydrogen-bond acceptors (Lipinski definition) is 4. The average molecular weight is 311 g/mol. The van der Waals surface area contributed by atoms with Crippen LogP contribution in [0, 0.1) is 0 Å². The van der Waals surface area contributed by atoms with Gasteiger partial charge in [-0.1, -0.05) is 12.1 Å². The summed E-state index contributed by atoms with van der Waals surface area (Å²) in [5, 5.41) is 3.47. The summed E-state index contributed by atoms with van der Waals surface area (Å²) in [5.41, 5.74) is 3.78. The van der Waals surface area contributed by atoms with Crippen LogP contribution in [0.3, 0.4) is 0 Å². The molecule has 0 radical (unpaired) electrons. The molecule has 23 heavy (non-hydrogen) atoms. The van der Waals surface area contributed by atoms with E-state index in [1.807, 2.05) is 24.5 Å². The third-order valence-corrected chi connectivity index (χ3v) is 4.35. The zero-order valence-electron chi connectivity index (χ0n) is 13.8. The Kier molecular flexibility index (Phi) is 5.61. The quantitative estimate of drug-likeness (QED) is 0.853. The number of hydrogen-bond donors (Lipinski definition) is 1. The molecule has 0 amide bonds. The molecule has 1 aliphatic rings. The fourth-order valence-corrected chi connectivity index (χ4v) is 3.07. The predicted molar refractivity (Wildman–Crippen MR) is 92.3 cm³/mol. The van der Waals surface area contributed by atoms with E-state index in [1.165, 1.54) is 42.6 Å². The summed E-state index contributed by atoms with van der Waals surface area (Å²) in [6.07, 6.45) is 6.30. The first kappa shape index (κ1) is 16.0. The highest BCUT2D eigenvalue weighted by Crippen LogP contribution is 2.22. The maximum absolute atomic E-state index is 5.58. The van der Waals surface area contributed by atoms with Crippen molar-refractivity contribution in [3.63, 3.8) is 0 Å². The molecule has 0 saturated carbocycles. The van der Waals surface area contributed by atoms with E-state index >= 15 is 0 Å². The van der Waals surface area contributed by atoms with E-state index in [2.05, 4.69) is 33.4 Å². The number of aromatic nitrogens is 1. The lowest BCUT2D eigenvalue weighted by Crippen LogP contribution is -2.18. The van der Waals surface area contributed by atoms with E-state index in [0.29, 0.717) is 0 Å². The third kappa shape index (κ3) is 4.53. The molecule has 1 saturated heterocycles. The maximum atomic E-state index is 5.58. The second-order valence-electron chi connectivity index (χ2n) is 6.09. The van der Waals surface area contributed by atoms with Gasteiger partial charge in [-0.25, -0.2) is 0 Å². The molecule has 4 heteroatoms. The highest BCUT2D eigenvalue weighted by atomic mass is 16.5. The first-order valence-electron chi connectivity index (χ1n) is 8.33. The van der Waals surface area contributed by atoms with Gasteiger partial charge >= 0.3 is 0 Å². The van der Waals surface area contributed by atoms with Gasteiger partial charge in [0, 0.05) is 37.6 Å². The van der Waals surface area contributed by atoms with Crippen LogP contribution in [-0.2, 0) is 19.6 Å². The molecule has 1 aliphatic heterocycles. The zero-order valence-corrected chi connectivity index (χ0v) is 13.8. The monoisotopic (exact) mass is 311 g/mol. The molecular formula is C19H25N3O. The predicted octanol–water partition coefficient (Wildman–Crippen LogP) is 2.98. The van der Waals surface area contributed by atoms with Crippen molar-refractivity contribution in [3.8, 4) is 5.75 Å². The molecule has 2 aromatic rings. The van der Waals surface area contributed by atoms with Gasteiger partial charge in [0.1, 0.15) is 5.75 Å². The van der Waals surface area contributed by atoms with Gasteiger partial charge < -0.3 is 10.1 Å². The van der Waals surface area contributed by atoms with E-state index in [0.717, 1.165) is 25.4 Å². The van der Waals surface area contributed by atoms with E-state index < -0.39 is 0 Å². The molecule has 122 valence electrons. The molecule has 1 aromatic heterocycles. The minimum Gasteiger partial charge on any atom is -0.496 e. The lowest BCUT2D eigenvalue weighted by Gasteiger charge is -2.16. The van der Waals surface area contributed by atoms with Crippen LogP contribution in [0.2, 0.25) is 0 Å². The molecule has 0 aliphatic carbocycles. The molecular weight excluding hydrogens is 286 g/mol. The number of pyridine rings is 1. The number of likely N-dealkylation sites (tertiary alicyclic amines) is 1. The van der Waals surface area contributed by atoms with Gasteiger partial charge in [0.15, 0.2) is 0 Å². The average Bonchev–Trinajstić information content (AvgIpc) is 3.10. The Bertz CT molecular complexity index is 609. The van der Waals surface area contributed by atoms with Crippen molar-refractivity contribution in [2.45, 2.75) is 32.5 Å². The molecule has 1 fully saturated rings. The second-order valence-corrected chi connectivity index (χ2v) is 6.09. The van der Waals surface area contributed by atoms with Crippen molar-refractivity contribution in [1.82, 2.24) is 15.2 Å². The molecule has 0 bridgehead atoms. The SMILES string of the molecule is COc1cc(CN2CCCC2)ccc1CNCc1ccncc1. The van der Waals surface area contributed by atoms with Crippen molar-refractivity contribution in [2.75, 3.05) is 20.2 Å². The van der Waals surface area contributed by atoms with Gasteiger partial charge in [0.2, 0.25) is 0 Å². The fraction of sp³-hybridized carbons (Fsp3) is 0.421. The largest absolute Gasteiger partial charge is 0.496 e. The van der Waals surface area contributed by atoms with Crippen LogP contribution >= 0.6 is 0 Å². The number of methoxy groups -OCH3 is 1. The summed E-state index contributed by atoms with van der Waals surface area (Å²) >= 11 is 0. The van der Waals surface area contributed by atoms with Crippen LogP contribution in [0.5, 0.6) is 5.75 Å². The number of ether oxygens (including phenoxy) is 1. The van der Waals surface area contributed by atoms with Gasteiger partial charge in [0.05, 0.1) is 7.11 Å². The van der Waals surface area contributed by atoms with Crippen LogP contribution in [0.4, 0.5) is 0 Å². The van der Waals surface area contributed by atoms with Crippen molar-refractivity contribution in [2.24, 2.45) is 0 Å². The molecule has 4 nitrogen and oxygen atoms in total. The molecule has 3 rings (SSSR count). The molecule has 0 atom stereocenters. The Hall–Kier alpha value is -1.91. The summed E-state index contributed by atoms with van der Waals surface area (Å²) in [4.78, 5) is 6.55. The van der Waals surface area contributed by atoms with Crippen LogP contribution < -0.4 is 10.1 Å². The summed E-state index contributed by atoms with van der Waals surface area (Å²) in [6.45, 7) is 5.10. The van der Waals surface area contributed by atoms with E-state index in [1.54, 1.807) is 7.11 Å². The summed E-state index contributed by atoms with van der Waals surface area (Å²) in [5.74, 6) is 0.976. The van der Waals surface area contributed by atoms with Gasteiger partial charge in [0.25, 0.3) is 0 Å². The Morgan fingerprint density at radius 2 is 1.83 bits per heavy atom. The normalized spacial score (nSPS) is 15.0. The molecule has 0 spiro atoms. The highest BCUT2D eigenvalue weighted by molar-refractivity contribution is 5.37. The van der Waals surface area contributed by atoms with Gasteiger partial charge in [-0.2, -0.15) is 0 Å². The molecule has 1 aromatic carbocycles. The number of rotatable bonds is 7. The van der Waals surface area contributed by atoms with Crippen molar-refractivity contribution in [1.29, 1.82) is 0 Å². The standard InChI is InChI=1S/C19H25N3O/c1-23-19-12-17(15-22-10-2-3-11-22)4-5-18(19)14-21-13-16-6-8-20-9-7-16/h4-9,12,21H,2-3,10-11,13-15H2,1H3. The second kappa shape index (κ2) is 8.09.